The van der Waals surface area contributed by atoms with Gasteiger partial charge < -0.3 is 14.4 Å². The molecule has 0 saturated carbocycles. The Kier molecular flexibility index (Phi) is 4.90. The molecule has 4 nitrogen and oxygen atoms in total. The molecule has 0 bridgehead atoms. The van der Waals surface area contributed by atoms with Crippen LogP contribution in [0.2, 0.25) is 0 Å². The molecular formula is C20H22BrN3OS. The van der Waals surface area contributed by atoms with Crippen molar-refractivity contribution < 1.29 is 4.79 Å². The number of amides is 1. The van der Waals surface area contributed by atoms with Gasteiger partial charge in [0.15, 0.2) is 0 Å². The van der Waals surface area contributed by atoms with Crippen molar-refractivity contribution in [1.29, 1.82) is 0 Å². The number of hydrogen-bond donors (Lipinski definition) is 0. The molecule has 0 radical (unpaired) electrons. The van der Waals surface area contributed by atoms with Crippen molar-refractivity contribution in [2.24, 2.45) is 0 Å². The Balaban J connectivity index is 1.70. The van der Waals surface area contributed by atoms with Gasteiger partial charge in [0, 0.05) is 42.1 Å². The van der Waals surface area contributed by atoms with Gasteiger partial charge in [-0.3, -0.25) is 4.79 Å². The van der Waals surface area contributed by atoms with Crippen LogP contribution in [0.3, 0.4) is 0 Å². The average Bonchev–Trinajstić information content (AvgIpc) is 3.14. The molecule has 1 aliphatic heterocycles. The zero-order valence-electron chi connectivity index (χ0n) is 15.0. The Morgan fingerprint density at radius 2 is 1.81 bits per heavy atom. The highest BCUT2D eigenvalue weighted by molar-refractivity contribution is 9.10. The van der Waals surface area contributed by atoms with E-state index < -0.39 is 0 Å². The van der Waals surface area contributed by atoms with Gasteiger partial charge in [0.25, 0.3) is 5.91 Å². The van der Waals surface area contributed by atoms with Crippen molar-refractivity contribution >= 4 is 43.4 Å². The number of nitrogens with zero attached hydrogens (tertiary/aromatic N) is 3. The maximum atomic E-state index is 13.2. The van der Waals surface area contributed by atoms with Crippen molar-refractivity contribution in [3.8, 4) is 0 Å². The molecule has 0 N–H and O–H groups in total. The summed E-state index contributed by atoms with van der Waals surface area (Å²) in [5, 5.41) is 0. The molecule has 0 spiro atoms. The first kappa shape index (κ1) is 17.8. The van der Waals surface area contributed by atoms with Crippen LogP contribution in [-0.2, 0) is 6.54 Å². The van der Waals surface area contributed by atoms with Crippen molar-refractivity contribution in [2.75, 3.05) is 33.2 Å². The van der Waals surface area contributed by atoms with Gasteiger partial charge in [0.05, 0.1) is 10.2 Å². The number of rotatable bonds is 3. The van der Waals surface area contributed by atoms with Crippen LogP contribution >= 0.6 is 27.3 Å². The van der Waals surface area contributed by atoms with Crippen molar-refractivity contribution in [3.05, 3.63) is 57.0 Å². The molecule has 1 aromatic carbocycles. The minimum Gasteiger partial charge on any atom is -0.335 e. The van der Waals surface area contributed by atoms with Crippen molar-refractivity contribution in [3.63, 3.8) is 0 Å². The smallest absolute Gasteiger partial charge is 0.270 e. The number of halogens is 1. The summed E-state index contributed by atoms with van der Waals surface area (Å²) in [6, 6.07) is 12.6. The number of fused-ring (bicyclic) bond motifs is 1. The monoisotopic (exact) mass is 431 g/mol. The van der Waals surface area contributed by atoms with Crippen LogP contribution in [-0.4, -0.2) is 53.5 Å². The van der Waals surface area contributed by atoms with E-state index in [4.69, 9.17) is 0 Å². The number of aryl methyl sites for hydroxylation is 1. The summed E-state index contributed by atoms with van der Waals surface area (Å²) in [7, 11) is 2.11. The summed E-state index contributed by atoms with van der Waals surface area (Å²) in [5.41, 5.74) is 3.16. The van der Waals surface area contributed by atoms with Crippen LogP contribution in [0.5, 0.6) is 0 Å². The first-order valence-corrected chi connectivity index (χ1v) is 10.4. The zero-order valence-corrected chi connectivity index (χ0v) is 17.4. The highest BCUT2D eigenvalue weighted by atomic mass is 79.9. The van der Waals surface area contributed by atoms with E-state index in [0.29, 0.717) is 6.54 Å². The minimum atomic E-state index is 0.149. The predicted octanol–water partition coefficient (Wildman–Crippen LogP) is 4.21. The van der Waals surface area contributed by atoms with E-state index in [1.54, 1.807) is 11.3 Å². The fourth-order valence-electron chi connectivity index (χ4n) is 3.46. The van der Waals surface area contributed by atoms with Crippen LogP contribution in [0.1, 0.15) is 20.9 Å². The van der Waals surface area contributed by atoms with Crippen LogP contribution in [0.4, 0.5) is 0 Å². The van der Waals surface area contributed by atoms with E-state index in [1.165, 1.54) is 15.1 Å². The first-order chi connectivity index (χ1) is 12.5. The maximum Gasteiger partial charge on any atom is 0.270 e. The molecule has 1 amide bonds. The van der Waals surface area contributed by atoms with E-state index >= 15 is 0 Å². The van der Waals surface area contributed by atoms with Crippen LogP contribution in [0.25, 0.3) is 10.2 Å². The maximum absolute atomic E-state index is 13.2. The van der Waals surface area contributed by atoms with Crippen molar-refractivity contribution in [1.82, 2.24) is 14.4 Å². The zero-order chi connectivity index (χ0) is 18.3. The lowest BCUT2D eigenvalue weighted by atomic mass is 10.2. The third kappa shape index (κ3) is 3.46. The van der Waals surface area contributed by atoms with Crippen LogP contribution in [0.15, 0.2) is 40.9 Å². The lowest BCUT2D eigenvalue weighted by molar-refractivity contribution is 0.0654. The Morgan fingerprint density at radius 1 is 1.12 bits per heavy atom. The fraction of sp³-hybridized carbons (Fsp3) is 0.350. The molecule has 3 heterocycles. The second-order valence-corrected chi connectivity index (χ2v) is 9.15. The second-order valence-electron chi connectivity index (χ2n) is 6.94. The van der Waals surface area contributed by atoms with Gasteiger partial charge in [-0.15, -0.1) is 11.3 Å². The third-order valence-corrected chi connectivity index (χ3v) is 6.49. The highest BCUT2D eigenvalue weighted by Crippen LogP contribution is 2.30. The highest BCUT2D eigenvalue weighted by Gasteiger charge is 2.25. The normalized spacial score (nSPS) is 15.7. The molecule has 0 aliphatic carbocycles. The minimum absolute atomic E-state index is 0.149. The van der Waals surface area contributed by atoms with Gasteiger partial charge in [0.2, 0.25) is 0 Å². The van der Waals surface area contributed by atoms with E-state index in [1.807, 2.05) is 4.90 Å². The Morgan fingerprint density at radius 3 is 2.50 bits per heavy atom. The Bertz CT molecular complexity index is 936. The van der Waals surface area contributed by atoms with E-state index in [-0.39, 0.29) is 5.91 Å². The number of piperazine rings is 1. The summed E-state index contributed by atoms with van der Waals surface area (Å²) in [6.45, 7) is 6.30. The molecule has 4 rings (SSSR count). The van der Waals surface area contributed by atoms with Crippen molar-refractivity contribution in [2.45, 2.75) is 13.5 Å². The molecule has 1 fully saturated rings. The van der Waals surface area contributed by atoms with E-state index in [9.17, 15) is 4.79 Å². The number of likely N-dealkylation sites (N-methyl/N-ethyl adjacent to an activating group) is 1. The first-order valence-electron chi connectivity index (χ1n) is 8.83. The lowest BCUT2D eigenvalue weighted by Crippen LogP contribution is -2.47. The summed E-state index contributed by atoms with van der Waals surface area (Å²) in [5.74, 6) is 0.149. The Labute approximate surface area is 166 Å². The van der Waals surface area contributed by atoms with Gasteiger partial charge >= 0.3 is 0 Å². The summed E-state index contributed by atoms with van der Waals surface area (Å²) < 4.78 is 4.44. The number of carbonyl (C=O) groups is 1. The molecule has 0 atom stereocenters. The van der Waals surface area contributed by atoms with Gasteiger partial charge in [-0.2, -0.15) is 0 Å². The largest absolute Gasteiger partial charge is 0.335 e. The topological polar surface area (TPSA) is 28.5 Å². The molecule has 2 aromatic heterocycles. The lowest BCUT2D eigenvalue weighted by Gasteiger charge is -2.32. The SMILES string of the molecule is Cc1cc2c(cc(C(=O)N3CCN(C)CC3)n2Cc2ccc(Br)cc2)s1. The molecule has 3 aromatic rings. The van der Waals surface area contributed by atoms with E-state index in [0.717, 1.165) is 41.9 Å². The average molecular weight is 432 g/mol. The number of carbonyl (C=O) groups excluding carboxylic acids is 1. The molecule has 6 heteroatoms. The number of hydrogen-bond acceptors (Lipinski definition) is 3. The number of benzene rings is 1. The molecule has 0 unspecified atom stereocenters. The Hall–Kier alpha value is -1.63. The standard InChI is InChI=1S/C20H22BrN3OS/c1-14-11-17-19(26-14)12-18(20(25)23-9-7-22(2)8-10-23)24(17)13-15-3-5-16(21)6-4-15/h3-6,11-12H,7-10,13H2,1-2H3. The van der Waals surface area contributed by atoms with Crippen LogP contribution in [0, 0.1) is 6.92 Å². The van der Waals surface area contributed by atoms with Gasteiger partial charge in [-0.25, -0.2) is 0 Å². The molecule has 136 valence electrons. The van der Waals surface area contributed by atoms with Gasteiger partial charge in [-0.05, 0) is 43.8 Å². The van der Waals surface area contributed by atoms with Gasteiger partial charge in [0.1, 0.15) is 5.69 Å². The summed E-state index contributed by atoms with van der Waals surface area (Å²) in [6.07, 6.45) is 0. The summed E-state index contributed by atoms with van der Waals surface area (Å²) in [4.78, 5) is 18.7. The number of thiophene rings is 1. The predicted molar refractivity (Wildman–Crippen MR) is 111 cm³/mol. The molecule has 1 aliphatic rings. The van der Waals surface area contributed by atoms with E-state index in [2.05, 4.69) is 75.8 Å². The fourth-order valence-corrected chi connectivity index (χ4v) is 4.68. The van der Waals surface area contributed by atoms with Crippen LogP contribution < -0.4 is 0 Å². The summed E-state index contributed by atoms with van der Waals surface area (Å²) >= 11 is 5.25. The number of aromatic nitrogens is 1. The molecule has 26 heavy (non-hydrogen) atoms. The second kappa shape index (κ2) is 7.18. The van der Waals surface area contributed by atoms with Gasteiger partial charge in [-0.1, -0.05) is 28.1 Å². The molecule has 1 saturated heterocycles. The molecular weight excluding hydrogens is 410 g/mol. The third-order valence-electron chi connectivity index (χ3n) is 4.98. The quantitative estimate of drug-likeness (QED) is 0.621.